The second-order valence-corrected chi connectivity index (χ2v) is 5.99. The molecule has 0 aromatic heterocycles. The summed E-state index contributed by atoms with van der Waals surface area (Å²) in [4.78, 5) is 13.4. The van der Waals surface area contributed by atoms with Gasteiger partial charge in [0.05, 0.1) is 6.61 Å². The Balaban J connectivity index is 1.77. The van der Waals surface area contributed by atoms with E-state index in [2.05, 4.69) is 5.32 Å². The van der Waals surface area contributed by atoms with E-state index < -0.39 is 0 Å². The molecule has 0 bridgehead atoms. The molecule has 1 amide bonds. The first kappa shape index (κ1) is 16.4. The zero-order chi connectivity index (χ0) is 15.2. The molecule has 6 heteroatoms. The SMILES string of the molecule is CCOC(=O)N1CCC(NCc2cc(Cl)cc(Cl)c2)CC1. The third-order valence-electron chi connectivity index (χ3n) is 3.54. The van der Waals surface area contributed by atoms with E-state index in [-0.39, 0.29) is 6.09 Å². The van der Waals surface area contributed by atoms with Crippen LogP contribution < -0.4 is 5.32 Å². The Hall–Kier alpha value is -0.970. The molecule has 1 N–H and O–H groups in total. The minimum absolute atomic E-state index is 0.211. The lowest BCUT2D eigenvalue weighted by Gasteiger charge is -2.31. The molecule has 1 aromatic carbocycles. The third kappa shape index (κ3) is 5.06. The molecular weight excluding hydrogens is 311 g/mol. The fourth-order valence-electron chi connectivity index (χ4n) is 2.46. The van der Waals surface area contributed by atoms with Crippen molar-refractivity contribution in [1.29, 1.82) is 0 Å². The van der Waals surface area contributed by atoms with Crippen LogP contribution in [0, 0.1) is 0 Å². The lowest BCUT2D eigenvalue weighted by Crippen LogP contribution is -2.44. The maximum absolute atomic E-state index is 11.6. The van der Waals surface area contributed by atoms with Gasteiger partial charge in [0.15, 0.2) is 0 Å². The molecule has 1 heterocycles. The fraction of sp³-hybridized carbons (Fsp3) is 0.533. The Labute approximate surface area is 135 Å². The molecule has 1 aliphatic rings. The minimum Gasteiger partial charge on any atom is -0.450 e. The number of nitrogens with zero attached hydrogens (tertiary/aromatic N) is 1. The van der Waals surface area contributed by atoms with Crippen molar-refractivity contribution in [3.8, 4) is 0 Å². The van der Waals surface area contributed by atoms with Crippen LogP contribution in [0.25, 0.3) is 0 Å². The summed E-state index contributed by atoms with van der Waals surface area (Å²) in [5, 5.41) is 4.79. The van der Waals surface area contributed by atoms with E-state index in [0.29, 0.717) is 22.7 Å². The van der Waals surface area contributed by atoms with Crippen LogP contribution in [-0.2, 0) is 11.3 Å². The molecule has 1 saturated heterocycles. The molecule has 0 saturated carbocycles. The smallest absolute Gasteiger partial charge is 0.409 e. The Morgan fingerprint density at radius 1 is 1.29 bits per heavy atom. The number of carbonyl (C=O) groups excluding carboxylic acids is 1. The predicted octanol–water partition coefficient (Wildman–Crippen LogP) is 3.70. The van der Waals surface area contributed by atoms with Gasteiger partial charge in [-0.2, -0.15) is 0 Å². The van der Waals surface area contributed by atoms with E-state index in [9.17, 15) is 4.79 Å². The number of hydrogen-bond donors (Lipinski definition) is 1. The molecule has 1 aliphatic heterocycles. The number of carbonyl (C=O) groups is 1. The number of benzene rings is 1. The monoisotopic (exact) mass is 330 g/mol. The molecular formula is C15H20Cl2N2O2. The van der Waals surface area contributed by atoms with Crippen molar-refractivity contribution in [3.05, 3.63) is 33.8 Å². The number of likely N-dealkylation sites (tertiary alicyclic amines) is 1. The maximum Gasteiger partial charge on any atom is 0.409 e. The van der Waals surface area contributed by atoms with Gasteiger partial charge in [-0.1, -0.05) is 23.2 Å². The van der Waals surface area contributed by atoms with Crippen LogP contribution >= 0.6 is 23.2 Å². The Kier molecular flexibility index (Phi) is 6.15. The Bertz CT molecular complexity index is 468. The largest absolute Gasteiger partial charge is 0.450 e. The van der Waals surface area contributed by atoms with Crippen LogP contribution in [0.2, 0.25) is 10.0 Å². The molecule has 1 aromatic rings. The van der Waals surface area contributed by atoms with Crippen molar-refractivity contribution in [2.45, 2.75) is 32.4 Å². The van der Waals surface area contributed by atoms with Gasteiger partial charge in [-0.3, -0.25) is 0 Å². The van der Waals surface area contributed by atoms with Gasteiger partial charge in [0.1, 0.15) is 0 Å². The van der Waals surface area contributed by atoms with Gasteiger partial charge in [-0.05, 0) is 43.5 Å². The van der Waals surface area contributed by atoms with Gasteiger partial charge in [0.25, 0.3) is 0 Å². The average Bonchev–Trinajstić information content (AvgIpc) is 2.45. The van der Waals surface area contributed by atoms with E-state index in [1.165, 1.54) is 0 Å². The fourth-order valence-corrected chi connectivity index (χ4v) is 3.03. The number of halogens is 2. The quantitative estimate of drug-likeness (QED) is 0.915. The predicted molar refractivity (Wildman–Crippen MR) is 84.9 cm³/mol. The van der Waals surface area contributed by atoms with E-state index >= 15 is 0 Å². The topological polar surface area (TPSA) is 41.6 Å². The lowest BCUT2D eigenvalue weighted by atomic mass is 10.0. The highest BCUT2D eigenvalue weighted by Gasteiger charge is 2.23. The van der Waals surface area contributed by atoms with Crippen molar-refractivity contribution < 1.29 is 9.53 Å². The summed E-state index contributed by atoms with van der Waals surface area (Å²) in [5.41, 5.74) is 1.07. The van der Waals surface area contributed by atoms with Crippen molar-refractivity contribution in [2.75, 3.05) is 19.7 Å². The zero-order valence-electron chi connectivity index (χ0n) is 12.1. The molecule has 0 aliphatic carbocycles. The van der Waals surface area contributed by atoms with E-state index in [1.54, 1.807) is 11.0 Å². The average molecular weight is 331 g/mol. The van der Waals surface area contributed by atoms with Crippen molar-refractivity contribution >= 4 is 29.3 Å². The van der Waals surface area contributed by atoms with Gasteiger partial charge in [-0.15, -0.1) is 0 Å². The van der Waals surface area contributed by atoms with Gasteiger partial charge < -0.3 is 15.0 Å². The number of nitrogens with one attached hydrogen (secondary N) is 1. The first-order valence-electron chi connectivity index (χ1n) is 7.18. The van der Waals surface area contributed by atoms with E-state index in [1.807, 2.05) is 19.1 Å². The van der Waals surface area contributed by atoms with Gasteiger partial charge >= 0.3 is 6.09 Å². The van der Waals surface area contributed by atoms with Crippen LogP contribution in [0.3, 0.4) is 0 Å². The van der Waals surface area contributed by atoms with Crippen LogP contribution in [0.1, 0.15) is 25.3 Å². The zero-order valence-corrected chi connectivity index (χ0v) is 13.6. The number of ether oxygens (including phenoxy) is 1. The van der Waals surface area contributed by atoms with E-state index in [4.69, 9.17) is 27.9 Å². The Morgan fingerprint density at radius 3 is 2.48 bits per heavy atom. The van der Waals surface area contributed by atoms with Gasteiger partial charge in [-0.25, -0.2) is 4.79 Å². The molecule has 0 spiro atoms. The Morgan fingerprint density at radius 2 is 1.90 bits per heavy atom. The van der Waals surface area contributed by atoms with Crippen LogP contribution in [-0.4, -0.2) is 36.7 Å². The van der Waals surface area contributed by atoms with Crippen molar-refractivity contribution in [1.82, 2.24) is 10.2 Å². The third-order valence-corrected chi connectivity index (χ3v) is 3.97. The summed E-state index contributed by atoms with van der Waals surface area (Å²) in [6, 6.07) is 5.95. The normalized spacial score (nSPS) is 16.0. The molecule has 116 valence electrons. The highest BCUT2D eigenvalue weighted by atomic mass is 35.5. The summed E-state index contributed by atoms with van der Waals surface area (Å²) < 4.78 is 5.01. The van der Waals surface area contributed by atoms with Gasteiger partial charge in [0, 0.05) is 35.7 Å². The highest BCUT2D eigenvalue weighted by Crippen LogP contribution is 2.19. The molecule has 0 radical (unpaired) electrons. The minimum atomic E-state index is -0.211. The highest BCUT2D eigenvalue weighted by molar-refractivity contribution is 6.34. The van der Waals surface area contributed by atoms with Crippen LogP contribution in [0.15, 0.2) is 18.2 Å². The van der Waals surface area contributed by atoms with E-state index in [0.717, 1.165) is 38.0 Å². The summed E-state index contributed by atoms with van der Waals surface area (Å²) in [7, 11) is 0. The molecule has 1 fully saturated rings. The number of hydrogen-bond acceptors (Lipinski definition) is 3. The molecule has 4 nitrogen and oxygen atoms in total. The first-order chi connectivity index (χ1) is 10.1. The van der Waals surface area contributed by atoms with Gasteiger partial charge in [0.2, 0.25) is 0 Å². The number of amides is 1. The standard InChI is InChI=1S/C15H20Cl2N2O2/c1-2-21-15(20)19-5-3-14(4-6-19)18-10-11-7-12(16)9-13(17)8-11/h7-9,14,18H,2-6,10H2,1H3. The molecule has 2 rings (SSSR count). The maximum atomic E-state index is 11.6. The molecule has 0 atom stereocenters. The number of piperidine rings is 1. The first-order valence-corrected chi connectivity index (χ1v) is 7.94. The summed E-state index contributed by atoms with van der Waals surface area (Å²) >= 11 is 12.0. The summed E-state index contributed by atoms with van der Waals surface area (Å²) in [6.07, 6.45) is 1.64. The molecule has 21 heavy (non-hydrogen) atoms. The van der Waals surface area contributed by atoms with Crippen molar-refractivity contribution in [2.24, 2.45) is 0 Å². The second-order valence-electron chi connectivity index (χ2n) is 5.12. The summed E-state index contributed by atoms with van der Waals surface area (Å²) in [6.45, 7) is 4.43. The second kappa shape index (κ2) is 7.87. The molecule has 0 unspecified atom stereocenters. The van der Waals surface area contributed by atoms with Crippen LogP contribution in [0.5, 0.6) is 0 Å². The van der Waals surface area contributed by atoms with Crippen molar-refractivity contribution in [3.63, 3.8) is 0 Å². The van der Waals surface area contributed by atoms with Crippen LogP contribution in [0.4, 0.5) is 4.79 Å². The number of rotatable bonds is 4. The lowest BCUT2D eigenvalue weighted by molar-refractivity contribution is 0.0950. The summed E-state index contributed by atoms with van der Waals surface area (Å²) in [5.74, 6) is 0.